The molecule has 1 aromatic rings. The third kappa shape index (κ3) is 10.6. The Morgan fingerprint density at radius 3 is 2.00 bits per heavy atom. The van der Waals surface area contributed by atoms with E-state index in [1.807, 2.05) is 0 Å². The number of carbonyl (C=O) groups is 5. The third-order valence-corrected chi connectivity index (χ3v) is 5.45. The maximum absolute atomic E-state index is 12.8. The number of carboxylic acid groups (broad SMARTS) is 1. The smallest absolute Gasteiger partial charge is 0.326 e. The molecule has 194 valence electrons. The first-order valence-electron chi connectivity index (χ1n) is 10.5. The van der Waals surface area contributed by atoms with Crippen molar-refractivity contribution in [3.63, 3.8) is 0 Å². The van der Waals surface area contributed by atoms with Crippen LogP contribution in [0.2, 0.25) is 0 Å². The van der Waals surface area contributed by atoms with Crippen molar-refractivity contribution < 1.29 is 39.3 Å². The van der Waals surface area contributed by atoms with Crippen LogP contribution < -0.4 is 27.4 Å². The van der Waals surface area contributed by atoms with Gasteiger partial charge in [0.05, 0.1) is 13.0 Å². The number of carboxylic acids is 1. The first-order chi connectivity index (χ1) is 16.5. The van der Waals surface area contributed by atoms with E-state index in [2.05, 4.69) is 16.0 Å². The van der Waals surface area contributed by atoms with Crippen molar-refractivity contribution >= 4 is 41.4 Å². The van der Waals surface area contributed by atoms with Crippen LogP contribution in [0, 0.1) is 0 Å². The van der Waals surface area contributed by atoms with Crippen LogP contribution in [0.25, 0.3) is 0 Å². The molecule has 4 amide bonds. The lowest BCUT2D eigenvalue weighted by molar-refractivity contribution is -0.142. The average Bonchev–Trinajstić information content (AvgIpc) is 2.80. The number of amides is 4. The number of aliphatic hydroxyl groups is 1. The van der Waals surface area contributed by atoms with Gasteiger partial charge in [0.2, 0.25) is 23.6 Å². The Balaban J connectivity index is 2.99. The summed E-state index contributed by atoms with van der Waals surface area (Å²) in [5.41, 5.74) is 11.2. The summed E-state index contributed by atoms with van der Waals surface area (Å²) in [7, 11) is 0. The molecule has 4 atom stereocenters. The molecular formula is C21H31N5O8S. The van der Waals surface area contributed by atoms with E-state index in [0.717, 1.165) is 0 Å². The molecule has 0 bridgehead atoms. The molecule has 1 aromatic carbocycles. The SMILES string of the molecule is CSCCC(NC(=O)C(N)CO)C(=O)NC(CC(N)=O)C(=O)NC(Cc1ccc(O)cc1)C(=O)O. The number of nitrogens with one attached hydrogen (secondary N) is 3. The van der Waals surface area contributed by atoms with E-state index < -0.39 is 66.8 Å². The van der Waals surface area contributed by atoms with Crippen molar-refractivity contribution in [3.8, 4) is 5.75 Å². The highest BCUT2D eigenvalue weighted by Gasteiger charge is 2.31. The summed E-state index contributed by atoms with van der Waals surface area (Å²) in [5.74, 6) is -4.43. The standard InChI is InChI=1S/C21H31N5O8S/c1-35-7-6-14(24-18(30)13(22)10-27)19(31)25-15(9-17(23)29)20(32)26-16(21(33)34)8-11-2-4-12(28)5-3-11/h2-5,13-16,27-28H,6-10,22H2,1H3,(H2,23,29)(H,24,30)(H,25,31)(H,26,32)(H,33,34). The molecule has 35 heavy (non-hydrogen) atoms. The van der Waals surface area contributed by atoms with Crippen molar-refractivity contribution in [2.45, 2.75) is 43.4 Å². The highest BCUT2D eigenvalue weighted by molar-refractivity contribution is 7.98. The lowest BCUT2D eigenvalue weighted by Gasteiger charge is -2.24. The number of phenols is 1. The van der Waals surface area contributed by atoms with E-state index >= 15 is 0 Å². The largest absolute Gasteiger partial charge is 0.508 e. The molecular weight excluding hydrogens is 482 g/mol. The normalized spacial score (nSPS) is 14.1. The Labute approximate surface area is 206 Å². The van der Waals surface area contributed by atoms with Crippen molar-refractivity contribution in [2.75, 3.05) is 18.6 Å². The second kappa shape index (κ2) is 14.8. The Morgan fingerprint density at radius 1 is 0.943 bits per heavy atom. The minimum atomic E-state index is -1.51. The van der Waals surface area contributed by atoms with Gasteiger partial charge in [-0.1, -0.05) is 12.1 Å². The molecule has 0 aliphatic rings. The number of aromatic hydroxyl groups is 1. The van der Waals surface area contributed by atoms with E-state index in [0.29, 0.717) is 11.3 Å². The van der Waals surface area contributed by atoms with Crippen LogP contribution in [-0.2, 0) is 30.4 Å². The monoisotopic (exact) mass is 513 g/mol. The molecule has 0 saturated heterocycles. The number of benzene rings is 1. The summed E-state index contributed by atoms with van der Waals surface area (Å²) < 4.78 is 0. The van der Waals surface area contributed by atoms with E-state index in [-0.39, 0.29) is 18.6 Å². The Kier molecular flexibility index (Phi) is 12.6. The zero-order valence-corrected chi connectivity index (χ0v) is 19.9. The summed E-state index contributed by atoms with van der Waals surface area (Å²) in [4.78, 5) is 60.9. The van der Waals surface area contributed by atoms with E-state index in [1.165, 1.54) is 36.0 Å². The van der Waals surface area contributed by atoms with E-state index in [1.54, 1.807) is 6.26 Å². The number of primary amides is 1. The summed E-state index contributed by atoms with van der Waals surface area (Å²) in [5, 5.41) is 34.9. The molecule has 0 aliphatic carbocycles. The molecule has 10 N–H and O–H groups in total. The van der Waals surface area contributed by atoms with Crippen LogP contribution in [0.5, 0.6) is 5.75 Å². The summed E-state index contributed by atoms with van der Waals surface area (Å²) in [6.07, 6.45) is 1.17. The highest BCUT2D eigenvalue weighted by Crippen LogP contribution is 2.12. The first-order valence-corrected chi connectivity index (χ1v) is 11.9. The van der Waals surface area contributed by atoms with Gasteiger partial charge in [0.15, 0.2) is 0 Å². The van der Waals surface area contributed by atoms with Crippen LogP contribution in [0.4, 0.5) is 0 Å². The number of hydrogen-bond acceptors (Lipinski definition) is 9. The molecule has 0 saturated carbocycles. The molecule has 4 unspecified atom stereocenters. The number of nitrogens with two attached hydrogens (primary N) is 2. The van der Waals surface area contributed by atoms with E-state index in [4.69, 9.17) is 16.6 Å². The van der Waals surface area contributed by atoms with Crippen LogP contribution >= 0.6 is 11.8 Å². The minimum absolute atomic E-state index is 0.0167. The van der Waals surface area contributed by atoms with Crippen LogP contribution in [-0.4, -0.2) is 87.7 Å². The van der Waals surface area contributed by atoms with Gasteiger partial charge in [-0.25, -0.2) is 4.79 Å². The highest BCUT2D eigenvalue weighted by atomic mass is 32.2. The van der Waals surface area contributed by atoms with Gasteiger partial charge in [-0.3, -0.25) is 19.2 Å². The van der Waals surface area contributed by atoms with Crippen molar-refractivity contribution in [1.29, 1.82) is 0 Å². The molecule has 0 fully saturated rings. The minimum Gasteiger partial charge on any atom is -0.508 e. The Hall–Kier alpha value is -3.36. The van der Waals surface area contributed by atoms with Crippen molar-refractivity contribution in [2.24, 2.45) is 11.5 Å². The molecule has 13 nitrogen and oxygen atoms in total. The predicted octanol–water partition coefficient (Wildman–Crippen LogP) is -2.58. The lowest BCUT2D eigenvalue weighted by Crippen LogP contribution is -2.58. The van der Waals surface area contributed by atoms with Crippen LogP contribution in [0.1, 0.15) is 18.4 Å². The number of rotatable bonds is 15. The lowest BCUT2D eigenvalue weighted by atomic mass is 10.0. The molecule has 0 aliphatic heterocycles. The molecule has 0 spiro atoms. The van der Waals surface area contributed by atoms with Crippen molar-refractivity contribution in [3.05, 3.63) is 29.8 Å². The van der Waals surface area contributed by atoms with Crippen LogP contribution in [0.15, 0.2) is 24.3 Å². The first kappa shape index (κ1) is 29.7. The zero-order chi connectivity index (χ0) is 26.5. The molecule has 0 aromatic heterocycles. The van der Waals surface area contributed by atoms with Gasteiger partial charge in [-0.2, -0.15) is 11.8 Å². The second-order valence-electron chi connectivity index (χ2n) is 7.63. The van der Waals surface area contributed by atoms with Gasteiger partial charge < -0.3 is 42.7 Å². The van der Waals surface area contributed by atoms with Gasteiger partial charge in [-0.15, -0.1) is 0 Å². The van der Waals surface area contributed by atoms with Crippen molar-refractivity contribution in [1.82, 2.24) is 16.0 Å². The number of phenolic OH excluding ortho intramolecular Hbond substituents is 1. The van der Waals surface area contributed by atoms with Gasteiger partial charge >= 0.3 is 5.97 Å². The quantitative estimate of drug-likeness (QED) is 0.122. The average molecular weight is 514 g/mol. The topological polar surface area (TPSA) is 234 Å². The molecule has 0 radical (unpaired) electrons. The number of hydrogen-bond donors (Lipinski definition) is 8. The summed E-state index contributed by atoms with van der Waals surface area (Å²) in [6.45, 7) is -0.646. The summed E-state index contributed by atoms with van der Waals surface area (Å²) >= 11 is 1.39. The second-order valence-corrected chi connectivity index (χ2v) is 8.62. The third-order valence-electron chi connectivity index (χ3n) is 4.81. The fraction of sp³-hybridized carbons (Fsp3) is 0.476. The van der Waals surface area contributed by atoms with Crippen LogP contribution in [0.3, 0.4) is 0 Å². The molecule has 1 rings (SSSR count). The van der Waals surface area contributed by atoms with Gasteiger partial charge in [0.25, 0.3) is 0 Å². The fourth-order valence-electron chi connectivity index (χ4n) is 2.89. The van der Waals surface area contributed by atoms with Gasteiger partial charge in [0.1, 0.15) is 29.9 Å². The summed E-state index contributed by atoms with van der Waals surface area (Å²) in [6, 6.07) is 0.363. The number of aliphatic carboxylic acids is 1. The predicted molar refractivity (Wildman–Crippen MR) is 127 cm³/mol. The maximum atomic E-state index is 12.8. The molecule has 0 heterocycles. The Morgan fingerprint density at radius 2 is 1.49 bits per heavy atom. The maximum Gasteiger partial charge on any atom is 0.326 e. The zero-order valence-electron chi connectivity index (χ0n) is 19.1. The van der Waals surface area contributed by atoms with E-state index in [9.17, 15) is 34.2 Å². The van der Waals surface area contributed by atoms with Gasteiger partial charge in [0, 0.05) is 6.42 Å². The van der Waals surface area contributed by atoms with Gasteiger partial charge in [-0.05, 0) is 36.1 Å². The number of carbonyl (C=O) groups excluding carboxylic acids is 4. The molecule has 14 heteroatoms. The number of thioether (sulfide) groups is 1. The fourth-order valence-corrected chi connectivity index (χ4v) is 3.36. The number of aliphatic hydroxyl groups excluding tert-OH is 1. The Bertz CT molecular complexity index is 898.